The maximum atomic E-state index is 2.27. The standard InChI is InChI=1S/C12H18S2/c1-10(2)8-14-9-11-4-6-12(13-3)7-5-11/h4-7,10H,8-9H2,1-3H3. The maximum Gasteiger partial charge on any atom is 0.0184 e. The molecule has 14 heavy (non-hydrogen) atoms. The van der Waals surface area contributed by atoms with Gasteiger partial charge in [0.1, 0.15) is 0 Å². The van der Waals surface area contributed by atoms with E-state index in [2.05, 4.69) is 44.4 Å². The molecule has 0 bridgehead atoms. The summed E-state index contributed by atoms with van der Waals surface area (Å²) >= 11 is 3.82. The summed E-state index contributed by atoms with van der Waals surface area (Å²) in [4.78, 5) is 1.35. The Bertz CT molecular complexity index is 252. The van der Waals surface area contributed by atoms with Gasteiger partial charge < -0.3 is 0 Å². The average molecular weight is 226 g/mol. The molecule has 0 aliphatic heterocycles. The molecule has 1 aromatic carbocycles. The number of thioether (sulfide) groups is 2. The molecule has 0 unspecified atom stereocenters. The Hall–Kier alpha value is -0.0800. The van der Waals surface area contributed by atoms with Crippen molar-refractivity contribution < 1.29 is 0 Å². The zero-order valence-corrected chi connectivity index (χ0v) is 10.8. The molecule has 0 aliphatic rings. The molecule has 78 valence electrons. The van der Waals surface area contributed by atoms with E-state index in [4.69, 9.17) is 0 Å². The molecule has 0 saturated heterocycles. The van der Waals surface area contributed by atoms with E-state index in [1.165, 1.54) is 16.2 Å². The van der Waals surface area contributed by atoms with Crippen molar-refractivity contribution in [3.05, 3.63) is 29.8 Å². The van der Waals surface area contributed by atoms with Crippen LogP contribution in [0.25, 0.3) is 0 Å². The van der Waals surface area contributed by atoms with E-state index in [9.17, 15) is 0 Å². The Kier molecular flexibility index (Phi) is 5.49. The summed E-state index contributed by atoms with van der Waals surface area (Å²) in [6.07, 6.45) is 2.11. The van der Waals surface area contributed by atoms with E-state index in [0.29, 0.717) is 0 Å². The number of rotatable bonds is 5. The second kappa shape index (κ2) is 6.41. The second-order valence-electron chi connectivity index (χ2n) is 3.76. The molecule has 1 aromatic rings. The highest BCUT2D eigenvalue weighted by molar-refractivity contribution is 7.98. The Morgan fingerprint density at radius 1 is 1.14 bits per heavy atom. The van der Waals surface area contributed by atoms with Crippen LogP contribution in [0.1, 0.15) is 19.4 Å². The van der Waals surface area contributed by atoms with E-state index in [0.717, 1.165) is 11.7 Å². The van der Waals surface area contributed by atoms with Gasteiger partial charge in [-0.1, -0.05) is 26.0 Å². The number of benzene rings is 1. The minimum absolute atomic E-state index is 0.797. The van der Waals surface area contributed by atoms with Crippen LogP contribution in [0.2, 0.25) is 0 Å². The van der Waals surface area contributed by atoms with Crippen molar-refractivity contribution in [2.45, 2.75) is 24.5 Å². The summed E-state index contributed by atoms with van der Waals surface area (Å²) in [7, 11) is 0. The van der Waals surface area contributed by atoms with Gasteiger partial charge in [-0.2, -0.15) is 11.8 Å². The number of hydrogen-bond acceptors (Lipinski definition) is 2. The smallest absolute Gasteiger partial charge is 0.0184 e. The summed E-state index contributed by atoms with van der Waals surface area (Å²) in [5.41, 5.74) is 1.44. The molecule has 0 N–H and O–H groups in total. The molecule has 0 nitrogen and oxygen atoms in total. The van der Waals surface area contributed by atoms with Gasteiger partial charge in [0, 0.05) is 10.6 Å². The first-order valence-electron chi connectivity index (χ1n) is 4.93. The predicted octanol–water partition coefficient (Wildman–Crippen LogP) is 4.30. The lowest BCUT2D eigenvalue weighted by Crippen LogP contribution is -1.91. The van der Waals surface area contributed by atoms with E-state index < -0.39 is 0 Å². The zero-order valence-electron chi connectivity index (χ0n) is 9.12. The lowest BCUT2D eigenvalue weighted by atomic mass is 10.2. The van der Waals surface area contributed by atoms with Gasteiger partial charge in [-0.15, -0.1) is 11.8 Å². The van der Waals surface area contributed by atoms with Crippen LogP contribution in [0.4, 0.5) is 0 Å². The minimum Gasteiger partial charge on any atom is -0.157 e. The van der Waals surface area contributed by atoms with Crippen LogP contribution < -0.4 is 0 Å². The Morgan fingerprint density at radius 2 is 1.79 bits per heavy atom. The lowest BCUT2D eigenvalue weighted by molar-refractivity contribution is 0.750. The predicted molar refractivity (Wildman–Crippen MR) is 69.2 cm³/mol. The van der Waals surface area contributed by atoms with Gasteiger partial charge in [-0.25, -0.2) is 0 Å². The van der Waals surface area contributed by atoms with Crippen LogP contribution in [0.15, 0.2) is 29.2 Å². The first-order valence-corrected chi connectivity index (χ1v) is 7.31. The third kappa shape index (κ3) is 4.43. The van der Waals surface area contributed by atoms with Crippen molar-refractivity contribution in [2.24, 2.45) is 5.92 Å². The fourth-order valence-electron chi connectivity index (χ4n) is 1.13. The van der Waals surface area contributed by atoms with Gasteiger partial charge in [-0.05, 0) is 35.6 Å². The molecule has 0 aromatic heterocycles. The fraction of sp³-hybridized carbons (Fsp3) is 0.500. The monoisotopic (exact) mass is 226 g/mol. The second-order valence-corrected chi connectivity index (χ2v) is 5.67. The quantitative estimate of drug-likeness (QED) is 0.687. The number of hydrogen-bond donors (Lipinski definition) is 0. The van der Waals surface area contributed by atoms with Crippen molar-refractivity contribution in [3.8, 4) is 0 Å². The van der Waals surface area contributed by atoms with Crippen LogP contribution in [0.3, 0.4) is 0 Å². The molecule has 0 amide bonds. The third-order valence-corrected chi connectivity index (χ3v) is 4.06. The first-order chi connectivity index (χ1) is 6.72. The summed E-state index contributed by atoms with van der Waals surface area (Å²) in [5.74, 6) is 3.20. The van der Waals surface area contributed by atoms with Gasteiger partial charge in [0.05, 0.1) is 0 Å². The Labute approximate surface area is 95.9 Å². The Morgan fingerprint density at radius 3 is 2.29 bits per heavy atom. The van der Waals surface area contributed by atoms with Crippen LogP contribution in [-0.4, -0.2) is 12.0 Å². The molecular weight excluding hydrogens is 208 g/mol. The molecule has 0 saturated carbocycles. The molecule has 0 radical (unpaired) electrons. The lowest BCUT2D eigenvalue weighted by Gasteiger charge is -2.05. The first kappa shape index (κ1) is 12.0. The molecule has 0 heterocycles. The molecule has 2 heteroatoms. The van der Waals surface area contributed by atoms with Gasteiger partial charge >= 0.3 is 0 Å². The zero-order chi connectivity index (χ0) is 10.4. The van der Waals surface area contributed by atoms with E-state index in [-0.39, 0.29) is 0 Å². The highest BCUT2D eigenvalue weighted by Crippen LogP contribution is 2.19. The topological polar surface area (TPSA) is 0 Å². The van der Waals surface area contributed by atoms with Crippen molar-refractivity contribution in [2.75, 3.05) is 12.0 Å². The molecule has 0 aliphatic carbocycles. The largest absolute Gasteiger partial charge is 0.157 e. The molecular formula is C12H18S2. The van der Waals surface area contributed by atoms with Crippen molar-refractivity contribution in [1.82, 2.24) is 0 Å². The SMILES string of the molecule is CSc1ccc(CSCC(C)C)cc1. The van der Waals surface area contributed by atoms with E-state index in [1.54, 1.807) is 11.8 Å². The normalized spacial score (nSPS) is 10.9. The van der Waals surface area contributed by atoms with Crippen LogP contribution in [-0.2, 0) is 5.75 Å². The van der Waals surface area contributed by atoms with Crippen LogP contribution in [0, 0.1) is 5.92 Å². The van der Waals surface area contributed by atoms with Gasteiger partial charge in [0.15, 0.2) is 0 Å². The van der Waals surface area contributed by atoms with E-state index in [1.807, 2.05) is 11.8 Å². The van der Waals surface area contributed by atoms with Crippen molar-refractivity contribution in [1.29, 1.82) is 0 Å². The van der Waals surface area contributed by atoms with Crippen molar-refractivity contribution in [3.63, 3.8) is 0 Å². The van der Waals surface area contributed by atoms with Gasteiger partial charge in [0.25, 0.3) is 0 Å². The molecule has 0 atom stereocenters. The maximum absolute atomic E-state index is 2.27. The summed E-state index contributed by atoms with van der Waals surface area (Å²) < 4.78 is 0. The van der Waals surface area contributed by atoms with E-state index >= 15 is 0 Å². The fourth-order valence-corrected chi connectivity index (χ4v) is 2.56. The highest BCUT2D eigenvalue weighted by atomic mass is 32.2. The van der Waals surface area contributed by atoms with Crippen molar-refractivity contribution >= 4 is 23.5 Å². The highest BCUT2D eigenvalue weighted by Gasteiger charge is 1.96. The summed E-state index contributed by atoms with van der Waals surface area (Å²) in [6, 6.07) is 8.88. The summed E-state index contributed by atoms with van der Waals surface area (Å²) in [6.45, 7) is 4.54. The molecule has 0 fully saturated rings. The van der Waals surface area contributed by atoms with Gasteiger partial charge in [0.2, 0.25) is 0 Å². The van der Waals surface area contributed by atoms with Crippen LogP contribution >= 0.6 is 23.5 Å². The average Bonchev–Trinajstić information content (AvgIpc) is 2.18. The molecule has 0 spiro atoms. The molecule has 1 rings (SSSR count). The van der Waals surface area contributed by atoms with Gasteiger partial charge in [-0.3, -0.25) is 0 Å². The minimum atomic E-state index is 0.797. The van der Waals surface area contributed by atoms with Crippen LogP contribution in [0.5, 0.6) is 0 Å². The Balaban J connectivity index is 2.36. The summed E-state index contributed by atoms with van der Waals surface area (Å²) in [5, 5.41) is 0. The third-order valence-electron chi connectivity index (χ3n) is 1.88.